The highest BCUT2D eigenvalue weighted by Gasteiger charge is 2.31. The minimum Gasteiger partial charge on any atom is -0.469 e. The van der Waals surface area contributed by atoms with Crippen LogP contribution in [-0.4, -0.2) is 25.5 Å². The molecule has 0 aromatic heterocycles. The van der Waals surface area contributed by atoms with E-state index in [-0.39, 0.29) is 12.6 Å². The van der Waals surface area contributed by atoms with Gasteiger partial charge in [-0.1, -0.05) is 0 Å². The summed E-state index contributed by atoms with van der Waals surface area (Å²) in [6.45, 7) is 2.49. The monoisotopic (exact) mass is 307 g/mol. The van der Waals surface area contributed by atoms with Crippen molar-refractivity contribution in [2.75, 3.05) is 13.7 Å². The fourth-order valence-electron chi connectivity index (χ4n) is 1.51. The summed E-state index contributed by atoms with van der Waals surface area (Å²) in [7, 11) is 1.13. The van der Waals surface area contributed by atoms with Crippen LogP contribution in [0.2, 0.25) is 0 Å². The van der Waals surface area contributed by atoms with Crippen LogP contribution in [-0.2, 0) is 9.53 Å². The molecule has 21 heavy (non-hydrogen) atoms. The lowest BCUT2D eigenvalue weighted by Crippen LogP contribution is -2.40. The van der Waals surface area contributed by atoms with Crippen LogP contribution in [0.15, 0.2) is 6.07 Å². The summed E-state index contributed by atoms with van der Waals surface area (Å²) >= 11 is 0. The number of nitrogens with one attached hydrogen (secondary N) is 1. The number of methoxy groups -OCH3 is 1. The van der Waals surface area contributed by atoms with Gasteiger partial charge in [-0.05, 0) is 13.8 Å². The molecule has 1 amide bonds. The maximum Gasteiger partial charge on any atom is 0.313 e. The normalized spacial score (nSPS) is 11.2. The van der Waals surface area contributed by atoms with Crippen LogP contribution >= 0.6 is 0 Å². The number of rotatable bonds is 4. The summed E-state index contributed by atoms with van der Waals surface area (Å²) in [6.07, 6.45) is 0. The second-order valence-corrected chi connectivity index (χ2v) is 4.90. The summed E-state index contributed by atoms with van der Waals surface area (Å²) < 4.78 is 57.3. The van der Waals surface area contributed by atoms with E-state index in [1.165, 1.54) is 13.8 Å². The Bertz CT molecular complexity index is 561. The molecule has 0 saturated carbocycles. The number of hydrogen-bond acceptors (Lipinski definition) is 3. The zero-order valence-corrected chi connectivity index (χ0v) is 11.5. The number of amides is 1. The third-order valence-electron chi connectivity index (χ3n) is 2.77. The van der Waals surface area contributed by atoms with Gasteiger partial charge >= 0.3 is 5.97 Å². The first-order valence-corrected chi connectivity index (χ1v) is 5.81. The van der Waals surface area contributed by atoms with E-state index in [0.29, 0.717) is 0 Å². The first kappa shape index (κ1) is 16.9. The Morgan fingerprint density at radius 3 is 2.05 bits per heavy atom. The van der Waals surface area contributed by atoms with E-state index < -0.39 is 46.1 Å². The highest BCUT2D eigenvalue weighted by Crippen LogP contribution is 2.20. The Kier molecular flexibility index (Phi) is 4.93. The molecule has 0 atom stereocenters. The smallest absolute Gasteiger partial charge is 0.313 e. The van der Waals surface area contributed by atoms with E-state index in [2.05, 4.69) is 4.74 Å². The van der Waals surface area contributed by atoms with Crippen molar-refractivity contribution in [1.82, 2.24) is 5.32 Å². The molecule has 0 bridgehead atoms. The van der Waals surface area contributed by atoms with Gasteiger partial charge in [-0.3, -0.25) is 9.59 Å². The molecule has 0 saturated heterocycles. The zero-order valence-electron chi connectivity index (χ0n) is 11.5. The maximum absolute atomic E-state index is 13.4. The molecule has 0 spiro atoms. The third-order valence-corrected chi connectivity index (χ3v) is 2.77. The Hall–Kier alpha value is -2.12. The van der Waals surface area contributed by atoms with E-state index >= 15 is 0 Å². The minimum absolute atomic E-state index is 0.000166. The summed E-state index contributed by atoms with van der Waals surface area (Å²) in [5.74, 6) is -9.03. The predicted molar refractivity (Wildman–Crippen MR) is 64.4 cm³/mol. The van der Waals surface area contributed by atoms with Crippen LogP contribution < -0.4 is 5.32 Å². The van der Waals surface area contributed by atoms with Crippen LogP contribution in [0.4, 0.5) is 17.6 Å². The Labute approximate surface area is 118 Å². The summed E-state index contributed by atoms with van der Waals surface area (Å²) in [5, 5.41) is 2.04. The van der Waals surface area contributed by atoms with Gasteiger partial charge in [-0.2, -0.15) is 0 Å². The van der Waals surface area contributed by atoms with Crippen LogP contribution in [0, 0.1) is 28.7 Å². The Morgan fingerprint density at radius 1 is 1.14 bits per heavy atom. The molecule has 0 unspecified atom stereocenters. The molecule has 1 aromatic rings. The summed E-state index contributed by atoms with van der Waals surface area (Å²) in [5.41, 5.74) is -2.56. The van der Waals surface area contributed by atoms with Gasteiger partial charge in [0, 0.05) is 12.6 Å². The lowest BCUT2D eigenvalue weighted by atomic mass is 9.93. The van der Waals surface area contributed by atoms with Gasteiger partial charge < -0.3 is 10.1 Å². The number of carbonyl (C=O) groups excluding carboxylic acids is 2. The van der Waals surface area contributed by atoms with Crippen molar-refractivity contribution in [3.05, 3.63) is 34.9 Å². The molecule has 0 aliphatic heterocycles. The molecule has 0 heterocycles. The van der Waals surface area contributed by atoms with Gasteiger partial charge in [0.1, 0.15) is 5.56 Å². The molecule has 1 N–H and O–H groups in total. The van der Waals surface area contributed by atoms with Crippen LogP contribution in [0.5, 0.6) is 0 Å². The largest absolute Gasteiger partial charge is 0.469 e. The average molecular weight is 307 g/mol. The number of benzene rings is 1. The SMILES string of the molecule is COC(=O)C(C)(C)CNC(=O)c1c(F)c(F)cc(F)c1F. The second-order valence-electron chi connectivity index (χ2n) is 4.90. The van der Waals surface area contributed by atoms with Crippen molar-refractivity contribution in [3.63, 3.8) is 0 Å². The van der Waals surface area contributed by atoms with Crippen molar-refractivity contribution in [2.24, 2.45) is 5.41 Å². The molecule has 0 aliphatic carbocycles. The third kappa shape index (κ3) is 3.50. The van der Waals surface area contributed by atoms with Crippen LogP contribution in [0.3, 0.4) is 0 Å². The Balaban J connectivity index is 2.99. The molecule has 0 aliphatic rings. The van der Waals surface area contributed by atoms with Crippen LogP contribution in [0.1, 0.15) is 24.2 Å². The molecule has 116 valence electrons. The van der Waals surface area contributed by atoms with Crippen molar-refractivity contribution in [2.45, 2.75) is 13.8 Å². The molecule has 8 heteroatoms. The van der Waals surface area contributed by atoms with E-state index in [4.69, 9.17) is 0 Å². The molecule has 4 nitrogen and oxygen atoms in total. The Morgan fingerprint density at radius 2 is 1.62 bits per heavy atom. The highest BCUT2D eigenvalue weighted by atomic mass is 19.2. The number of esters is 1. The van der Waals surface area contributed by atoms with Gasteiger partial charge in [0.15, 0.2) is 23.3 Å². The van der Waals surface area contributed by atoms with Gasteiger partial charge in [0.05, 0.1) is 12.5 Å². The molecule has 1 aromatic carbocycles. The van der Waals surface area contributed by atoms with Gasteiger partial charge in [-0.25, -0.2) is 17.6 Å². The van der Waals surface area contributed by atoms with Gasteiger partial charge in [0.25, 0.3) is 5.91 Å². The quantitative estimate of drug-likeness (QED) is 0.527. The lowest BCUT2D eigenvalue weighted by molar-refractivity contribution is -0.150. The van der Waals surface area contributed by atoms with E-state index in [9.17, 15) is 27.2 Å². The fraction of sp³-hybridized carbons (Fsp3) is 0.385. The minimum atomic E-state index is -1.80. The zero-order chi connectivity index (χ0) is 16.4. The second kappa shape index (κ2) is 6.11. The van der Waals surface area contributed by atoms with E-state index in [1.54, 1.807) is 0 Å². The van der Waals surface area contributed by atoms with Crippen molar-refractivity contribution in [1.29, 1.82) is 0 Å². The topological polar surface area (TPSA) is 55.4 Å². The fourth-order valence-corrected chi connectivity index (χ4v) is 1.51. The van der Waals surface area contributed by atoms with Crippen molar-refractivity contribution in [3.8, 4) is 0 Å². The van der Waals surface area contributed by atoms with Crippen LogP contribution in [0.25, 0.3) is 0 Å². The number of hydrogen-bond donors (Lipinski definition) is 1. The van der Waals surface area contributed by atoms with Crippen molar-refractivity contribution < 1.29 is 31.9 Å². The molecule has 0 fully saturated rings. The summed E-state index contributed by atoms with van der Waals surface area (Å²) in [4.78, 5) is 23.1. The summed E-state index contributed by atoms with van der Waals surface area (Å²) in [6, 6.07) is -0.000166. The first-order chi connectivity index (χ1) is 9.61. The lowest BCUT2D eigenvalue weighted by Gasteiger charge is -2.21. The molecule has 0 radical (unpaired) electrons. The molecular weight excluding hydrogens is 294 g/mol. The first-order valence-electron chi connectivity index (χ1n) is 5.81. The highest BCUT2D eigenvalue weighted by molar-refractivity contribution is 5.95. The molecule has 1 rings (SSSR count). The number of ether oxygens (including phenoxy) is 1. The van der Waals surface area contributed by atoms with E-state index in [1.807, 2.05) is 5.32 Å². The van der Waals surface area contributed by atoms with Crippen molar-refractivity contribution >= 4 is 11.9 Å². The van der Waals surface area contributed by atoms with Gasteiger partial charge in [-0.15, -0.1) is 0 Å². The molecular formula is C13H13F4NO3. The standard InChI is InChI=1S/C13H13F4NO3/c1-13(2,12(20)21-3)5-18-11(19)8-9(16)6(14)4-7(15)10(8)17/h4H,5H2,1-3H3,(H,18,19). The van der Waals surface area contributed by atoms with E-state index in [0.717, 1.165) is 7.11 Å². The number of halogens is 4. The predicted octanol–water partition coefficient (Wildman–Crippen LogP) is 2.17. The van der Waals surface area contributed by atoms with Gasteiger partial charge in [0.2, 0.25) is 0 Å². The number of carbonyl (C=O) groups is 2. The maximum atomic E-state index is 13.4. The average Bonchev–Trinajstić information content (AvgIpc) is 2.42.